The molecule has 0 aromatic carbocycles. The van der Waals surface area contributed by atoms with Crippen molar-refractivity contribution in [2.45, 2.75) is 50.0 Å². The van der Waals surface area contributed by atoms with Crippen molar-refractivity contribution in [2.24, 2.45) is 0 Å². The zero-order chi connectivity index (χ0) is 15.6. The lowest BCUT2D eigenvalue weighted by molar-refractivity contribution is -0.128. The number of amides is 1. The second-order valence-electron chi connectivity index (χ2n) is 6.30. The Kier molecular flexibility index (Phi) is 4.53. The molecule has 2 aliphatic rings. The molecule has 0 N–H and O–H groups in total. The minimum Gasteiger partial charge on any atom is -0.342 e. The van der Waals surface area contributed by atoms with E-state index in [2.05, 4.69) is 9.97 Å². The largest absolute Gasteiger partial charge is 0.342 e. The van der Waals surface area contributed by atoms with Gasteiger partial charge in [0.2, 0.25) is 5.91 Å². The molecule has 2 aromatic heterocycles. The van der Waals surface area contributed by atoms with Crippen LogP contribution < -0.4 is 0 Å². The highest BCUT2D eigenvalue weighted by molar-refractivity contribution is 8.00. The molecule has 23 heavy (non-hydrogen) atoms. The summed E-state index contributed by atoms with van der Waals surface area (Å²) < 4.78 is 0. The number of carbonyl (C=O) groups excluding carboxylic acids is 1. The second kappa shape index (κ2) is 6.77. The van der Waals surface area contributed by atoms with E-state index in [1.807, 2.05) is 4.90 Å². The van der Waals surface area contributed by atoms with Gasteiger partial charge in [-0.1, -0.05) is 24.6 Å². The van der Waals surface area contributed by atoms with Crippen LogP contribution in [0.2, 0.25) is 0 Å². The zero-order valence-corrected chi connectivity index (χ0v) is 14.8. The van der Waals surface area contributed by atoms with Crippen LogP contribution in [-0.2, 0) is 17.6 Å². The van der Waals surface area contributed by atoms with Crippen LogP contribution in [0.5, 0.6) is 0 Å². The Morgan fingerprint density at radius 3 is 2.78 bits per heavy atom. The van der Waals surface area contributed by atoms with Gasteiger partial charge in [-0.3, -0.25) is 4.79 Å². The molecule has 0 atom stereocenters. The van der Waals surface area contributed by atoms with Crippen molar-refractivity contribution in [2.75, 3.05) is 18.8 Å². The van der Waals surface area contributed by atoms with E-state index in [1.54, 1.807) is 29.4 Å². The molecule has 6 heteroatoms. The molecule has 1 aliphatic heterocycles. The van der Waals surface area contributed by atoms with Crippen LogP contribution in [0.1, 0.15) is 42.5 Å². The van der Waals surface area contributed by atoms with Crippen molar-refractivity contribution >= 4 is 39.2 Å². The maximum atomic E-state index is 12.5. The van der Waals surface area contributed by atoms with E-state index in [-0.39, 0.29) is 5.91 Å². The topological polar surface area (TPSA) is 46.1 Å². The average Bonchev–Trinajstić information content (AvgIpc) is 3.03. The van der Waals surface area contributed by atoms with Gasteiger partial charge < -0.3 is 4.90 Å². The molecule has 4 nitrogen and oxygen atoms in total. The van der Waals surface area contributed by atoms with E-state index in [0.29, 0.717) is 5.75 Å². The highest BCUT2D eigenvalue weighted by Gasteiger charge is 2.22. The molecule has 2 aromatic rings. The molecule has 3 heterocycles. The minimum atomic E-state index is 0.260. The van der Waals surface area contributed by atoms with Gasteiger partial charge in [0.15, 0.2) is 0 Å². The summed E-state index contributed by atoms with van der Waals surface area (Å²) in [4.78, 5) is 26.0. The molecule has 1 aliphatic carbocycles. The van der Waals surface area contributed by atoms with E-state index in [0.717, 1.165) is 42.2 Å². The number of nitrogens with zero attached hydrogens (tertiary/aromatic N) is 3. The van der Waals surface area contributed by atoms with Crippen LogP contribution in [-0.4, -0.2) is 39.6 Å². The molecule has 0 unspecified atom stereocenters. The number of aryl methyl sites for hydroxylation is 2. The van der Waals surface area contributed by atoms with Crippen molar-refractivity contribution in [3.8, 4) is 0 Å². The minimum absolute atomic E-state index is 0.260. The summed E-state index contributed by atoms with van der Waals surface area (Å²) in [6.07, 6.45) is 9.99. The first kappa shape index (κ1) is 15.4. The van der Waals surface area contributed by atoms with Gasteiger partial charge in [0, 0.05) is 23.4 Å². The van der Waals surface area contributed by atoms with Gasteiger partial charge >= 0.3 is 0 Å². The molecule has 4 rings (SSSR count). The molecule has 1 fully saturated rings. The van der Waals surface area contributed by atoms with Crippen LogP contribution >= 0.6 is 23.1 Å². The maximum Gasteiger partial charge on any atom is 0.232 e. The van der Waals surface area contributed by atoms with Gasteiger partial charge in [0.1, 0.15) is 16.2 Å². The number of thiophene rings is 1. The quantitative estimate of drug-likeness (QED) is 0.628. The Morgan fingerprint density at radius 1 is 1.13 bits per heavy atom. The summed E-state index contributed by atoms with van der Waals surface area (Å²) in [7, 11) is 0. The van der Waals surface area contributed by atoms with Gasteiger partial charge in [0.25, 0.3) is 0 Å². The Balaban J connectivity index is 1.50. The SMILES string of the molecule is O=C(CSc1ncnc2sc3c(c12)CCC3)N1CCCCCC1. The Labute approximate surface area is 144 Å². The van der Waals surface area contributed by atoms with Crippen LogP contribution in [0.25, 0.3) is 10.2 Å². The molecule has 122 valence electrons. The van der Waals surface area contributed by atoms with Crippen molar-refractivity contribution in [3.05, 3.63) is 16.8 Å². The number of thioether (sulfide) groups is 1. The number of carbonyl (C=O) groups is 1. The maximum absolute atomic E-state index is 12.5. The third-order valence-electron chi connectivity index (χ3n) is 4.76. The van der Waals surface area contributed by atoms with Crippen molar-refractivity contribution in [1.29, 1.82) is 0 Å². The average molecular weight is 348 g/mol. The van der Waals surface area contributed by atoms with Crippen molar-refractivity contribution in [3.63, 3.8) is 0 Å². The van der Waals surface area contributed by atoms with E-state index in [4.69, 9.17) is 0 Å². The first-order valence-electron chi connectivity index (χ1n) is 8.49. The predicted molar refractivity (Wildman–Crippen MR) is 95.2 cm³/mol. The van der Waals surface area contributed by atoms with Gasteiger partial charge in [-0.25, -0.2) is 9.97 Å². The summed E-state index contributed by atoms with van der Waals surface area (Å²) >= 11 is 3.40. The fraction of sp³-hybridized carbons (Fsp3) is 0.588. The Hall–Kier alpha value is -1.14. The molecule has 1 saturated heterocycles. The van der Waals surface area contributed by atoms with E-state index in [1.165, 1.54) is 41.5 Å². The highest BCUT2D eigenvalue weighted by atomic mass is 32.2. The van der Waals surface area contributed by atoms with Gasteiger partial charge in [-0.05, 0) is 37.7 Å². The number of rotatable bonds is 3. The van der Waals surface area contributed by atoms with E-state index >= 15 is 0 Å². The van der Waals surface area contributed by atoms with Gasteiger partial charge in [-0.15, -0.1) is 11.3 Å². The number of hydrogen-bond acceptors (Lipinski definition) is 5. The third-order valence-corrected chi connectivity index (χ3v) is 6.93. The van der Waals surface area contributed by atoms with Crippen LogP contribution in [0, 0.1) is 0 Å². The summed E-state index contributed by atoms with van der Waals surface area (Å²) in [6.45, 7) is 1.85. The lowest BCUT2D eigenvalue weighted by Crippen LogP contribution is -2.33. The monoisotopic (exact) mass is 347 g/mol. The van der Waals surface area contributed by atoms with Gasteiger partial charge in [-0.2, -0.15) is 0 Å². The predicted octanol–water partition coefficient (Wildman–Crippen LogP) is 3.67. The fourth-order valence-corrected chi connectivity index (χ4v) is 5.77. The van der Waals surface area contributed by atoms with Crippen molar-refractivity contribution in [1.82, 2.24) is 14.9 Å². The third kappa shape index (κ3) is 3.11. The number of hydrogen-bond donors (Lipinski definition) is 0. The molecule has 0 bridgehead atoms. The molecule has 1 amide bonds. The fourth-order valence-electron chi connectivity index (χ4n) is 3.55. The summed E-state index contributed by atoms with van der Waals surface area (Å²) in [5, 5.41) is 2.22. The normalized spacial score (nSPS) is 18.2. The lowest BCUT2D eigenvalue weighted by atomic mass is 10.2. The molecule has 0 radical (unpaired) electrons. The smallest absolute Gasteiger partial charge is 0.232 e. The first-order valence-corrected chi connectivity index (χ1v) is 10.3. The zero-order valence-electron chi connectivity index (χ0n) is 13.2. The van der Waals surface area contributed by atoms with Crippen molar-refractivity contribution < 1.29 is 4.79 Å². The van der Waals surface area contributed by atoms with E-state index < -0.39 is 0 Å². The first-order chi connectivity index (χ1) is 11.3. The number of fused-ring (bicyclic) bond motifs is 3. The lowest BCUT2D eigenvalue weighted by Gasteiger charge is -2.19. The van der Waals surface area contributed by atoms with Crippen LogP contribution in [0.3, 0.4) is 0 Å². The van der Waals surface area contributed by atoms with Gasteiger partial charge in [0.05, 0.1) is 5.75 Å². The summed E-state index contributed by atoms with van der Waals surface area (Å²) in [5.41, 5.74) is 1.44. The molecular formula is C17H21N3OS2. The summed E-state index contributed by atoms with van der Waals surface area (Å²) in [5.74, 6) is 0.757. The molecule has 0 spiro atoms. The van der Waals surface area contributed by atoms with Crippen LogP contribution in [0.15, 0.2) is 11.4 Å². The van der Waals surface area contributed by atoms with E-state index in [9.17, 15) is 4.79 Å². The Bertz CT molecular complexity index is 720. The number of aromatic nitrogens is 2. The summed E-state index contributed by atoms with van der Waals surface area (Å²) in [6, 6.07) is 0. The molecule has 0 saturated carbocycles. The Morgan fingerprint density at radius 2 is 1.96 bits per heavy atom. The second-order valence-corrected chi connectivity index (χ2v) is 8.35. The molecular weight excluding hydrogens is 326 g/mol. The standard InChI is InChI=1S/C17H21N3OS2/c21-14(20-8-3-1-2-4-9-20)10-22-16-15-12-6-5-7-13(12)23-17(15)19-11-18-16/h11H,1-10H2. The van der Waals surface area contributed by atoms with Crippen LogP contribution in [0.4, 0.5) is 0 Å². The number of likely N-dealkylation sites (tertiary alicyclic amines) is 1. The highest BCUT2D eigenvalue weighted by Crippen LogP contribution is 2.40.